The third-order valence-electron chi connectivity index (χ3n) is 3.35. The van der Waals surface area contributed by atoms with Crippen LogP contribution in [0.25, 0.3) is 0 Å². The lowest BCUT2D eigenvalue weighted by atomic mass is 10.2. The monoisotopic (exact) mass is 307 g/mol. The molecule has 1 saturated heterocycles. The molecular formula is C15H21N3O2S. The average Bonchev–Trinajstić information content (AvgIpc) is 2.89. The summed E-state index contributed by atoms with van der Waals surface area (Å²) < 4.78 is 0. The maximum atomic E-state index is 12.4. The number of thioether (sulfide) groups is 1. The highest BCUT2D eigenvalue weighted by Crippen LogP contribution is 2.15. The molecule has 5 nitrogen and oxygen atoms in total. The molecule has 0 saturated carbocycles. The molecule has 0 unspecified atom stereocenters. The summed E-state index contributed by atoms with van der Waals surface area (Å²) in [7, 11) is 0. The third-order valence-corrected chi connectivity index (χ3v) is 4.30. The van der Waals surface area contributed by atoms with E-state index in [0.29, 0.717) is 31.3 Å². The van der Waals surface area contributed by atoms with Crippen LogP contribution in [0.2, 0.25) is 0 Å². The lowest BCUT2D eigenvalue weighted by Crippen LogP contribution is -2.41. The first-order valence-corrected chi connectivity index (χ1v) is 8.23. The van der Waals surface area contributed by atoms with E-state index in [-0.39, 0.29) is 18.4 Å². The number of carbonyl (C=O) groups excluding carboxylic acids is 2. The van der Waals surface area contributed by atoms with Crippen molar-refractivity contribution in [3.63, 3.8) is 0 Å². The number of hydrogen-bond donors (Lipinski definition) is 1. The zero-order valence-corrected chi connectivity index (χ0v) is 12.8. The first-order valence-electron chi connectivity index (χ1n) is 7.08. The maximum Gasteiger partial charge on any atom is 0.242 e. The molecule has 1 aromatic rings. The Morgan fingerprint density at radius 3 is 2.71 bits per heavy atom. The quantitative estimate of drug-likeness (QED) is 0.813. The van der Waals surface area contributed by atoms with Crippen LogP contribution < -0.4 is 5.73 Å². The summed E-state index contributed by atoms with van der Waals surface area (Å²) >= 11 is 1.55. The van der Waals surface area contributed by atoms with Crippen LogP contribution in [-0.2, 0) is 16.1 Å². The second kappa shape index (κ2) is 8.05. The van der Waals surface area contributed by atoms with E-state index in [1.54, 1.807) is 21.6 Å². The van der Waals surface area contributed by atoms with E-state index in [9.17, 15) is 9.59 Å². The molecule has 0 atom stereocenters. The molecule has 114 valence electrons. The Morgan fingerprint density at radius 2 is 2.10 bits per heavy atom. The lowest BCUT2D eigenvalue weighted by Gasteiger charge is -2.25. The molecule has 0 spiro atoms. The molecule has 1 aliphatic rings. The molecule has 1 fully saturated rings. The Morgan fingerprint density at radius 1 is 1.33 bits per heavy atom. The van der Waals surface area contributed by atoms with Crippen LogP contribution in [-0.4, -0.2) is 52.9 Å². The zero-order chi connectivity index (χ0) is 15.1. The van der Waals surface area contributed by atoms with Gasteiger partial charge in [0, 0.05) is 13.1 Å². The SMILES string of the molecule is NCCCN(Cc1ccccc1)C(=O)CN1CSCC1=O. The Bertz CT molecular complexity index is 481. The first-order chi connectivity index (χ1) is 10.2. The summed E-state index contributed by atoms with van der Waals surface area (Å²) in [6, 6.07) is 9.87. The number of amides is 2. The number of nitrogens with two attached hydrogens (primary N) is 1. The molecule has 2 amide bonds. The van der Waals surface area contributed by atoms with E-state index >= 15 is 0 Å². The molecule has 6 heteroatoms. The van der Waals surface area contributed by atoms with Crippen LogP contribution in [0.5, 0.6) is 0 Å². The Kier molecular flexibility index (Phi) is 6.07. The molecule has 0 bridgehead atoms. The van der Waals surface area contributed by atoms with Crippen molar-refractivity contribution in [2.45, 2.75) is 13.0 Å². The molecule has 0 radical (unpaired) electrons. The highest BCUT2D eigenvalue weighted by atomic mass is 32.2. The van der Waals surface area contributed by atoms with Crippen molar-refractivity contribution in [3.8, 4) is 0 Å². The van der Waals surface area contributed by atoms with Crippen LogP contribution in [0.15, 0.2) is 30.3 Å². The van der Waals surface area contributed by atoms with Crippen LogP contribution in [0, 0.1) is 0 Å². The summed E-state index contributed by atoms with van der Waals surface area (Å²) in [5, 5.41) is 0. The van der Waals surface area contributed by atoms with Gasteiger partial charge in [-0.3, -0.25) is 9.59 Å². The van der Waals surface area contributed by atoms with Crippen molar-refractivity contribution in [2.75, 3.05) is 31.3 Å². The summed E-state index contributed by atoms with van der Waals surface area (Å²) in [6.45, 7) is 1.91. The van der Waals surface area contributed by atoms with Crippen LogP contribution in [0.3, 0.4) is 0 Å². The van der Waals surface area contributed by atoms with Gasteiger partial charge in [-0.15, -0.1) is 11.8 Å². The predicted molar refractivity (Wildman–Crippen MR) is 84.6 cm³/mol. The zero-order valence-electron chi connectivity index (χ0n) is 12.0. The molecule has 0 aromatic heterocycles. The summed E-state index contributed by atoms with van der Waals surface area (Å²) in [5.41, 5.74) is 6.64. The lowest BCUT2D eigenvalue weighted by molar-refractivity contribution is -0.138. The number of carbonyl (C=O) groups is 2. The third kappa shape index (κ3) is 4.75. The minimum absolute atomic E-state index is 0.0110. The van der Waals surface area contributed by atoms with E-state index < -0.39 is 0 Å². The van der Waals surface area contributed by atoms with Crippen molar-refractivity contribution in [1.82, 2.24) is 9.80 Å². The molecule has 0 aliphatic carbocycles. The minimum atomic E-state index is -0.0110. The first kappa shape index (κ1) is 15.9. The molecule has 21 heavy (non-hydrogen) atoms. The molecular weight excluding hydrogens is 286 g/mol. The largest absolute Gasteiger partial charge is 0.337 e. The molecule has 1 heterocycles. The highest BCUT2D eigenvalue weighted by molar-refractivity contribution is 8.00. The minimum Gasteiger partial charge on any atom is -0.337 e. The van der Waals surface area contributed by atoms with E-state index in [1.165, 1.54) is 0 Å². The van der Waals surface area contributed by atoms with Gasteiger partial charge in [0.1, 0.15) is 6.54 Å². The van der Waals surface area contributed by atoms with Crippen molar-refractivity contribution in [2.24, 2.45) is 5.73 Å². The maximum absolute atomic E-state index is 12.4. The second-order valence-corrected chi connectivity index (χ2v) is 5.97. The molecule has 2 rings (SSSR count). The van der Waals surface area contributed by atoms with Crippen LogP contribution in [0.4, 0.5) is 0 Å². The molecule has 1 aliphatic heterocycles. The number of nitrogens with zero attached hydrogens (tertiary/aromatic N) is 2. The van der Waals surface area contributed by atoms with Gasteiger partial charge in [-0.25, -0.2) is 0 Å². The van der Waals surface area contributed by atoms with Crippen molar-refractivity contribution >= 4 is 23.6 Å². The molecule has 1 aromatic carbocycles. The van der Waals surface area contributed by atoms with Gasteiger partial charge < -0.3 is 15.5 Å². The van der Waals surface area contributed by atoms with Gasteiger partial charge in [-0.05, 0) is 18.5 Å². The fourth-order valence-corrected chi connectivity index (χ4v) is 3.09. The smallest absolute Gasteiger partial charge is 0.242 e. The Hall–Kier alpha value is -1.53. The summed E-state index contributed by atoms with van der Waals surface area (Å²) in [6.07, 6.45) is 0.765. The van der Waals surface area contributed by atoms with Gasteiger partial charge in [0.05, 0.1) is 11.6 Å². The van der Waals surface area contributed by atoms with Crippen LogP contribution >= 0.6 is 11.8 Å². The van der Waals surface area contributed by atoms with Crippen LogP contribution in [0.1, 0.15) is 12.0 Å². The van der Waals surface area contributed by atoms with Crippen molar-refractivity contribution in [3.05, 3.63) is 35.9 Å². The normalized spacial score (nSPS) is 14.5. The number of rotatable bonds is 7. The second-order valence-electron chi connectivity index (χ2n) is 5.01. The van der Waals surface area contributed by atoms with E-state index in [2.05, 4.69) is 0 Å². The highest BCUT2D eigenvalue weighted by Gasteiger charge is 2.25. The number of hydrogen-bond acceptors (Lipinski definition) is 4. The fourth-order valence-electron chi connectivity index (χ4n) is 2.18. The Labute approximate surface area is 129 Å². The summed E-state index contributed by atoms with van der Waals surface area (Å²) in [5.74, 6) is 1.13. The van der Waals surface area contributed by atoms with E-state index in [4.69, 9.17) is 5.73 Å². The Balaban J connectivity index is 1.97. The van der Waals surface area contributed by atoms with Crippen molar-refractivity contribution < 1.29 is 9.59 Å². The standard InChI is InChI=1S/C15H21N3O2S/c16-7-4-8-17(9-13-5-2-1-3-6-13)14(19)10-18-12-21-11-15(18)20/h1-3,5-6H,4,7-12,16H2. The summed E-state index contributed by atoms with van der Waals surface area (Å²) in [4.78, 5) is 27.5. The fraction of sp³-hybridized carbons (Fsp3) is 0.467. The predicted octanol–water partition coefficient (Wildman–Crippen LogP) is 0.897. The van der Waals surface area contributed by atoms with Gasteiger partial charge in [0.25, 0.3) is 0 Å². The van der Waals surface area contributed by atoms with Gasteiger partial charge in [0.2, 0.25) is 11.8 Å². The van der Waals surface area contributed by atoms with Gasteiger partial charge in [-0.2, -0.15) is 0 Å². The van der Waals surface area contributed by atoms with Gasteiger partial charge in [-0.1, -0.05) is 30.3 Å². The van der Waals surface area contributed by atoms with Gasteiger partial charge >= 0.3 is 0 Å². The van der Waals surface area contributed by atoms with Crippen molar-refractivity contribution in [1.29, 1.82) is 0 Å². The molecule has 2 N–H and O–H groups in total. The van der Waals surface area contributed by atoms with E-state index in [0.717, 1.165) is 12.0 Å². The van der Waals surface area contributed by atoms with Gasteiger partial charge in [0.15, 0.2) is 0 Å². The average molecular weight is 307 g/mol. The topological polar surface area (TPSA) is 66.6 Å². The van der Waals surface area contributed by atoms with E-state index in [1.807, 2.05) is 30.3 Å². The number of benzene rings is 1.